The smallest absolute Gasteiger partial charge is 0.0471 e. The lowest BCUT2D eigenvalue weighted by atomic mass is 9.81. The quantitative estimate of drug-likeness (QED) is 0.746. The van der Waals surface area contributed by atoms with E-state index in [-0.39, 0.29) is 0 Å². The molecule has 0 aromatic carbocycles. The molecule has 0 amide bonds. The molecular weight excluding hydrogens is 174 g/mol. The molecule has 0 bridgehead atoms. The molecule has 0 aromatic rings. The van der Waals surface area contributed by atoms with E-state index < -0.39 is 0 Å². The maximum Gasteiger partial charge on any atom is 0.0471 e. The molecule has 2 rings (SSSR count). The fraction of sp³-hybridized carbons (Fsp3) is 1.00. The molecule has 0 radical (unpaired) electrons. The molecule has 1 N–H and O–H groups in total. The van der Waals surface area contributed by atoms with Crippen molar-refractivity contribution in [2.24, 2.45) is 11.3 Å². The third-order valence-corrected chi connectivity index (χ3v) is 3.91. The summed E-state index contributed by atoms with van der Waals surface area (Å²) in [5.41, 5.74) is 0.502. The van der Waals surface area contributed by atoms with Gasteiger partial charge in [0.15, 0.2) is 0 Å². The van der Waals surface area contributed by atoms with E-state index in [0.717, 1.165) is 19.1 Å². The van der Waals surface area contributed by atoms with Crippen LogP contribution in [0.1, 0.15) is 39.0 Å². The third kappa shape index (κ3) is 2.71. The molecule has 1 aliphatic heterocycles. The van der Waals surface area contributed by atoms with E-state index in [9.17, 15) is 0 Å². The van der Waals surface area contributed by atoms with Crippen molar-refractivity contribution in [1.29, 1.82) is 0 Å². The highest BCUT2D eigenvalue weighted by atomic mass is 16.5. The molecular formula is C12H23NO. The van der Waals surface area contributed by atoms with Crippen molar-refractivity contribution >= 4 is 0 Å². The Kier molecular flexibility index (Phi) is 3.45. The van der Waals surface area contributed by atoms with Gasteiger partial charge in [0.25, 0.3) is 0 Å². The highest BCUT2D eigenvalue weighted by molar-refractivity contribution is 4.81. The molecule has 1 saturated heterocycles. The van der Waals surface area contributed by atoms with Crippen molar-refractivity contribution in [1.82, 2.24) is 5.32 Å². The minimum Gasteiger partial charge on any atom is -0.381 e. The van der Waals surface area contributed by atoms with Crippen LogP contribution in [-0.2, 0) is 4.74 Å². The van der Waals surface area contributed by atoms with Gasteiger partial charge in [-0.05, 0) is 43.6 Å². The Morgan fingerprint density at radius 3 is 2.57 bits per heavy atom. The largest absolute Gasteiger partial charge is 0.381 e. The Balaban J connectivity index is 1.62. The van der Waals surface area contributed by atoms with Crippen LogP contribution >= 0.6 is 0 Å². The fourth-order valence-corrected chi connectivity index (χ4v) is 2.32. The van der Waals surface area contributed by atoms with Gasteiger partial charge in [-0.15, -0.1) is 0 Å². The van der Waals surface area contributed by atoms with Crippen molar-refractivity contribution < 1.29 is 4.74 Å². The van der Waals surface area contributed by atoms with E-state index >= 15 is 0 Å². The van der Waals surface area contributed by atoms with E-state index in [0.29, 0.717) is 5.41 Å². The first-order valence-electron chi connectivity index (χ1n) is 6.07. The lowest BCUT2D eigenvalue weighted by molar-refractivity contribution is 0.0234. The zero-order chi connectivity index (χ0) is 9.86. The van der Waals surface area contributed by atoms with Crippen LogP contribution in [-0.4, -0.2) is 26.3 Å². The standard InChI is InChI=1S/C12H23NO/c1-12(5-7-14-8-6-12)10-13-9-11-3-2-4-11/h11,13H,2-10H2,1H3. The monoisotopic (exact) mass is 197 g/mol. The van der Waals surface area contributed by atoms with Crippen LogP contribution in [0.25, 0.3) is 0 Å². The molecule has 2 nitrogen and oxygen atoms in total. The normalized spacial score (nSPS) is 27.2. The summed E-state index contributed by atoms with van der Waals surface area (Å²) < 4.78 is 5.40. The molecule has 14 heavy (non-hydrogen) atoms. The molecule has 0 spiro atoms. The predicted molar refractivity (Wildman–Crippen MR) is 58.4 cm³/mol. The summed E-state index contributed by atoms with van der Waals surface area (Å²) in [5, 5.41) is 3.64. The van der Waals surface area contributed by atoms with Crippen LogP contribution in [0, 0.1) is 11.3 Å². The molecule has 2 fully saturated rings. The SMILES string of the molecule is CC1(CNCC2CCC2)CCOCC1. The van der Waals surface area contributed by atoms with Crippen LogP contribution < -0.4 is 5.32 Å². The molecule has 0 unspecified atom stereocenters. The number of hydrogen-bond acceptors (Lipinski definition) is 2. The second-order valence-electron chi connectivity index (χ2n) is 5.35. The van der Waals surface area contributed by atoms with Gasteiger partial charge in [-0.2, -0.15) is 0 Å². The Labute approximate surface area is 87.4 Å². The average Bonchev–Trinajstić information content (AvgIpc) is 2.11. The summed E-state index contributed by atoms with van der Waals surface area (Å²) >= 11 is 0. The van der Waals surface area contributed by atoms with Gasteiger partial charge in [-0.25, -0.2) is 0 Å². The third-order valence-electron chi connectivity index (χ3n) is 3.91. The fourth-order valence-electron chi connectivity index (χ4n) is 2.32. The number of nitrogens with one attached hydrogen (secondary N) is 1. The van der Waals surface area contributed by atoms with Crippen LogP contribution in [0.15, 0.2) is 0 Å². The van der Waals surface area contributed by atoms with Gasteiger partial charge in [-0.1, -0.05) is 13.3 Å². The predicted octanol–water partition coefficient (Wildman–Crippen LogP) is 2.19. The molecule has 82 valence electrons. The second kappa shape index (κ2) is 4.63. The Hall–Kier alpha value is -0.0800. The van der Waals surface area contributed by atoms with E-state index in [1.165, 1.54) is 45.2 Å². The summed E-state index contributed by atoms with van der Waals surface area (Å²) in [7, 11) is 0. The Morgan fingerprint density at radius 1 is 1.29 bits per heavy atom. The van der Waals surface area contributed by atoms with Gasteiger partial charge in [0, 0.05) is 19.8 Å². The minimum atomic E-state index is 0.502. The van der Waals surface area contributed by atoms with Gasteiger partial charge in [0.2, 0.25) is 0 Å². The number of rotatable bonds is 4. The highest BCUT2D eigenvalue weighted by Gasteiger charge is 2.27. The van der Waals surface area contributed by atoms with E-state index in [1.807, 2.05) is 0 Å². The molecule has 1 saturated carbocycles. The van der Waals surface area contributed by atoms with E-state index in [4.69, 9.17) is 4.74 Å². The van der Waals surface area contributed by atoms with E-state index in [2.05, 4.69) is 12.2 Å². The topological polar surface area (TPSA) is 21.3 Å². The van der Waals surface area contributed by atoms with Gasteiger partial charge in [0.05, 0.1) is 0 Å². The summed E-state index contributed by atoms with van der Waals surface area (Å²) in [4.78, 5) is 0. The first-order valence-corrected chi connectivity index (χ1v) is 6.07. The summed E-state index contributed by atoms with van der Waals surface area (Å²) in [6, 6.07) is 0. The van der Waals surface area contributed by atoms with Gasteiger partial charge in [-0.3, -0.25) is 0 Å². The van der Waals surface area contributed by atoms with Crippen molar-refractivity contribution in [3.63, 3.8) is 0 Å². The molecule has 2 heteroatoms. The van der Waals surface area contributed by atoms with Gasteiger partial charge < -0.3 is 10.1 Å². The lowest BCUT2D eigenvalue weighted by Crippen LogP contribution is -2.39. The van der Waals surface area contributed by atoms with Crippen molar-refractivity contribution in [3.8, 4) is 0 Å². The maximum absolute atomic E-state index is 5.40. The number of hydrogen-bond donors (Lipinski definition) is 1. The van der Waals surface area contributed by atoms with Crippen molar-refractivity contribution in [3.05, 3.63) is 0 Å². The molecule has 0 aromatic heterocycles. The first kappa shape index (κ1) is 10.4. The summed E-state index contributed by atoms with van der Waals surface area (Å²) in [6.45, 7) is 6.75. The van der Waals surface area contributed by atoms with E-state index in [1.54, 1.807) is 0 Å². The van der Waals surface area contributed by atoms with Crippen molar-refractivity contribution in [2.45, 2.75) is 39.0 Å². The summed E-state index contributed by atoms with van der Waals surface area (Å²) in [5.74, 6) is 0.985. The van der Waals surface area contributed by atoms with Crippen LogP contribution in [0.2, 0.25) is 0 Å². The molecule has 1 heterocycles. The molecule has 1 aliphatic carbocycles. The minimum absolute atomic E-state index is 0.502. The maximum atomic E-state index is 5.40. The first-order chi connectivity index (χ1) is 6.79. The zero-order valence-corrected chi connectivity index (χ0v) is 9.35. The molecule has 0 atom stereocenters. The molecule has 2 aliphatic rings. The Morgan fingerprint density at radius 2 is 2.00 bits per heavy atom. The highest BCUT2D eigenvalue weighted by Crippen LogP contribution is 2.29. The van der Waals surface area contributed by atoms with Crippen LogP contribution in [0.3, 0.4) is 0 Å². The Bertz CT molecular complexity index is 171. The van der Waals surface area contributed by atoms with Gasteiger partial charge in [0.1, 0.15) is 0 Å². The second-order valence-corrected chi connectivity index (χ2v) is 5.35. The average molecular weight is 197 g/mol. The lowest BCUT2D eigenvalue weighted by Gasteiger charge is -2.35. The summed E-state index contributed by atoms with van der Waals surface area (Å²) in [6.07, 6.45) is 6.81. The number of ether oxygens (including phenoxy) is 1. The van der Waals surface area contributed by atoms with Gasteiger partial charge >= 0.3 is 0 Å². The van der Waals surface area contributed by atoms with Crippen LogP contribution in [0.5, 0.6) is 0 Å². The van der Waals surface area contributed by atoms with Crippen LogP contribution in [0.4, 0.5) is 0 Å². The van der Waals surface area contributed by atoms with Crippen molar-refractivity contribution in [2.75, 3.05) is 26.3 Å². The zero-order valence-electron chi connectivity index (χ0n) is 9.35.